The van der Waals surface area contributed by atoms with E-state index in [1.807, 2.05) is 0 Å². The van der Waals surface area contributed by atoms with Gasteiger partial charge in [-0.25, -0.2) is 0 Å². The summed E-state index contributed by atoms with van der Waals surface area (Å²) in [5.41, 5.74) is 12.8. The number of hydrogen-bond acceptors (Lipinski definition) is 0. The fourth-order valence-electron chi connectivity index (χ4n) is 11.2. The fourth-order valence-corrected chi connectivity index (χ4v) is 29.8. The van der Waals surface area contributed by atoms with Gasteiger partial charge in [0.1, 0.15) is 0 Å². The molecule has 0 fully saturated rings. The first-order valence-electron chi connectivity index (χ1n) is 21.9. The molecule has 0 nitrogen and oxygen atoms in total. The predicted molar refractivity (Wildman–Crippen MR) is 283 cm³/mol. The molecule has 8 aromatic rings. The van der Waals surface area contributed by atoms with Crippen LogP contribution in [-0.2, 0) is 35.5 Å². The monoisotopic (exact) mass is 992 g/mol. The molecule has 0 radical (unpaired) electrons. The summed E-state index contributed by atoms with van der Waals surface area (Å²) in [5.74, 6) is 0. The summed E-state index contributed by atoms with van der Waals surface area (Å²) in [6.07, 6.45) is 8.59. The van der Waals surface area contributed by atoms with Crippen LogP contribution in [0.5, 0.6) is 0 Å². The Morgan fingerprint density at radius 2 is 1.03 bits per heavy atom. The first-order chi connectivity index (χ1) is 29.7. The van der Waals surface area contributed by atoms with Crippen molar-refractivity contribution in [3.63, 3.8) is 0 Å². The molecule has 5 heteroatoms. The Kier molecular flexibility index (Phi) is 12.2. The average Bonchev–Trinajstić information content (AvgIpc) is 3.94. The molecule has 0 aliphatic heterocycles. The van der Waals surface area contributed by atoms with Crippen LogP contribution < -0.4 is 9.81 Å². The third-order valence-corrected chi connectivity index (χ3v) is 30.8. The molecule has 0 saturated heterocycles. The summed E-state index contributed by atoms with van der Waals surface area (Å²) in [4.78, 5) is 0. The van der Waals surface area contributed by atoms with Crippen molar-refractivity contribution >= 4 is 83.6 Å². The minimum atomic E-state index is -5.78. The number of hydrogen-bond donors (Lipinski definition) is 0. The van der Waals surface area contributed by atoms with Crippen LogP contribution in [0.15, 0.2) is 173 Å². The minimum absolute atomic E-state index is 0. The zero-order chi connectivity index (χ0) is 43.2. The second-order valence-corrected chi connectivity index (χ2v) is 33.3. The van der Waals surface area contributed by atoms with Gasteiger partial charge in [-0.05, 0) is 0 Å². The van der Waals surface area contributed by atoms with Gasteiger partial charge in [-0.2, -0.15) is 0 Å². The van der Waals surface area contributed by atoms with Crippen molar-refractivity contribution in [2.75, 3.05) is 0 Å². The summed E-state index contributed by atoms with van der Waals surface area (Å²) >= 11 is 9.13. The van der Waals surface area contributed by atoms with E-state index in [2.05, 4.69) is 211 Å². The van der Waals surface area contributed by atoms with Crippen molar-refractivity contribution in [3.05, 3.63) is 205 Å². The summed E-state index contributed by atoms with van der Waals surface area (Å²) in [6, 6.07) is 56.2. The van der Waals surface area contributed by atoms with Gasteiger partial charge in [-0.3, -0.25) is 0 Å². The van der Waals surface area contributed by atoms with Gasteiger partial charge >= 0.3 is 381 Å². The van der Waals surface area contributed by atoms with Crippen LogP contribution in [0.3, 0.4) is 0 Å². The number of rotatable bonds is 6. The first-order valence-corrected chi connectivity index (χ1v) is 29.3. The molecule has 10 rings (SSSR count). The molecule has 0 spiro atoms. The zero-order valence-corrected chi connectivity index (χ0v) is 43.0. The second-order valence-electron chi connectivity index (χ2n) is 19.8. The molecule has 64 heavy (non-hydrogen) atoms. The van der Waals surface area contributed by atoms with Gasteiger partial charge in [0.15, 0.2) is 0 Å². The van der Waals surface area contributed by atoms with Crippen LogP contribution in [0.25, 0.3) is 54.9 Å². The third kappa shape index (κ3) is 7.18. The van der Waals surface area contributed by atoms with Crippen LogP contribution in [-0.4, -0.2) is 4.21 Å². The summed E-state index contributed by atoms with van der Waals surface area (Å²) < 4.78 is 11.4. The van der Waals surface area contributed by atoms with Gasteiger partial charge in [-0.15, -0.1) is 24.8 Å². The van der Waals surface area contributed by atoms with Crippen LogP contribution in [0.4, 0.5) is 0 Å². The Morgan fingerprint density at radius 1 is 0.531 bits per heavy atom. The van der Waals surface area contributed by atoms with Crippen LogP contribution >= 0.6 is 48.0 Å². The molecule has 0 saturated carbocycles. The molecule has 322 valence electrons. The van der Waals surface area contributed by atoms with Crippen molar-refractivity contribution in [2.24, 2.45) is 0 Å². The molecule has 8 aromatic carbocycles. The standard InChI is InChI=1S/C33H33.2C10H6Cl.C5H5.CH2.2ClH.Zr/c1-32(2,3)30-20-26-24(18-28(30)22-13-9-7-10-14-22)17-25-19-29(23-15-11-8-12-16-23)31(21-27(25)26)33(4,5)6;2*11-10-6-5-8-3-1-2-4-9(8)7-10;1-2-4-5-3-1;;;;/h7-16,18,20-21H,17H2,1-6H3;2*1-4,6-7H;1-3H,4H2;1H2;2*1H;. The Morgan fingerprint density at radius 3 is 1.55 bits per heavy atom. The topological polar surface area (TPSA) is 0 Å². The van der Waals surface area contributed by atoms with Crippen LogP contribution in [0, 0.1) is 0 Å². The summed E-state index contributed by atoms with van der Waals surface area (Å²) in [7, 11) is 0. The maximum absolute atomic E-state index is 7.45. The Labute approximate surface area is 402 Å². The summed E-state index contributed by atoms with van der Waals surface area (Å²) in [6.45, 7) is 14.2. The second kappa shape index (κ2) is 16.8. The Bertz CT molecular complexity index is 3180. The number of halogens is 4. The molecule has 0 aromatic heterocycles. The number of benzene rings is 8. The zero-order valence-electron chi connectivity index (χ0n) is 37.4. The predicted octanol–water partition coefficient (Wildman–Crippen LogP) is 15.9. The van der Waals surface area contributed by atoms with E-state index < -0.39 is 18.3 Å². The molecule has 0 bridgehead atoms. The molecular weight excluding hydrogens is 942 g/mol. The van der Waals surface area contributed by atoms with Gasteiger partial charge < -0.3 is 0 Å². The molecule has 0 N–H and O–H groups in total. The van der Waals surface area contributed by atoms with E-state index in [0.29, 0.717) is 0 Å². The van der Waals surface area contributed by atoms with E-state index in [1.165, 1.54) is 79.5 Å². The van der Waals surface area contributed by atoms with E-state index in [9.17, 15) is 0 Å². The van der Waals surface area contributed by atoms with Crippen molar-refractivity contribution < 1.29 is 18.3 Å². The van der Waals surface area contributed by atoms with Crippen LogP contribution in [0.2, 0.25) is 10.0 Å². The molecule has 0 heterocycles. The first kappa shape index (κ1) is 46.2. The molecule has 0 amide bonds. The molecule has 0 atom stereocenters. The van der Waals surface area contributed by atoms with E-state index in [1.54, 1.807) is 0 Å². The van der Waals surface area contributed by atoms with Gasteiger partial charge in [0, 0.05) is 0 Å². The van der Waals surface area contributed by atoms with Crippen molar-refractivity contribution in [1.29, 1.82) is 0 Å². The number of allylic oxidation sites excluding steroid dienone is 4. The maximum atomic E-state index is 7.45. The molecular formula is C59H54Cl4Zr. The molecule has 2 aliphatic carbocycles. The SMILES string of the molecule is Cl.Cl.[CH2]=[Zr]([C]1=CC=CC1)([c]1c2c(cc(C(C)(C)C)c1-c1ccccc1)-c1cc(C(C)(C)C)c(-c3ccccc3)cc1C2)([c]1cc(Cl)cc2ccccc12)[c]1cc(Cl)cc2ccccc12. The fraction of sp³-hybridized carbons (Fsp3) is 0.169. The Balaban J connectivity index is 0.00000280. The van der Waals surface area contributed by atoms with Crippen molar-refractivity contribution in [2.45, 2.75) is 65.2 Å². The van der Waals surface area contributed by atoms with E-state index in [4.69, 9.17) is 27.4 Å². The third-order valence-electron chi connectivity index (χ3n) is 14.0. The van der Waals surface area contributed by atoms with Gasteiger partial charge in [0.05, 0.1) is 0 Å². The number of fused-ring (bicyclic) bond motifs is 5. The van der Waals surface area contributed by atoms with Gasteiger partial charge in [-0.1, -0.05) is 0 Å². The van der Waals surface area contributed by atoms with E-state index in [0.717, 1.165) is 33.7 Å². The molecule has 2 aliphatic rings. The average molecular weight is 996 g/mol. The molecule has 0 unspecified atom stereocenters. The van der Waals surface area contributed by atoms with Gasteiger partial charge in [0.25, 0.3) is 0 Å². The van der Waals surface area contributed by atoms with Crippen molar-refractivity contribution in [1.82, 2.24) is 0 Å². The van der Waals surface area contributed by atoms with E-state index in [-0.39, 0.29) is 35.6 Å². The summed E-state index contributed by atoms with van der Waals surface area (Å²) in [5, 5.41) is 6.06. The Hall–Kier alpha value is -4.33. The quantitative estimate of drug-likeness (QED) is 0.156. The van der Waals surface area contributed by atoms with Crippen LogP contribution in [0.1, 0.15) is 70.2 Å². The normalized spacial score (nSPS) is 13.6. The van der Waals surface area contributed by atoms with Crippen molar-refractivity contribution in [3.8, 4) is 33.4 Å². The van der Waals surface area contributed by atoms with Gasteiger partial charge in [0.2, 0.25) is 0 Å². The van der Waals surface area contributed by atoms with E-state index >= 15 is 0 Å².